The third-order valence-electron chi connectivity index (χ3n) is 2.86. The molecule has 0 aliphatic heterocycles. The van der Waals surface area contributed by atoms with Gasteiger partial charge in [0.1, 0.15) is 11.6 Å². The van der Waals surface area contributed by atoms with Crippen molar-refractivity contribution in [3.8, 4) is 0 Å². The summed E-state index contributed by atoms with van der Waals surface area (Å²) < 4.78 is 26.4. The first-order valence-corrected chi connectivity index (χ1v) is 7.42. The second-order valence-corrected chi connectivity index (χ2v) is 5.84. The third kappa shape index (κ3) is 4.94. The van der Waals surface area contributed by atoms with E-state index in [9.17, 15) is 8.78 Å². The second kappa shape index (κ2) is 7.74. The molecule has 0 saturated heterocycles. The highest BCUT2D eigenvalue weighted by molar-refractivity contribution is 7.99. The highest BCUT2D eigenvalue weighted by Crippen LogP contribution is 2.24. The van der Waals surface area contributed by atoms with E-state index in [1.807, 2.05) is 18.7 Å². The van der Waals surface area contributed by atoms with Crippen LogP contribution in [0.4, 0.5) is 8.78 Å². The minimum absolute atomic E-state index is 0.000741. The summed E-state index contributed by atoms with van der Waals surface area (Å²) in [4.78, 5) is 0. The summed E-state index contributed by atoms with van der Waals surface area (Å²) >= 11 is 1.82. The predicted octanol–water partition coefficient (Wildman–Crippen LogP) is 4.15. The summed E-state index contributed by atoms with van der Waals surface area (Å²) in [5, 5.41) is 3.84. The molecule has 4 heteroatoms. The molecule has 0 radical (unpaired) electrons. The molecule has 1 N–H and O–H groups in total. The number of thioether (sulfide) groups is 1. The average molecular weight is 273 g/mol. The molecule has 0 heterocycles. The maximum Gasteiger partial charge on any atom is 0.126 e. The minimum atomic E-state index is -0.513. The molecular weight excluding hydrogens is 252 g/mol. The van der Waals surface area contributed by atoms with Crippen LogP contribution in [0.2, 0.25) is 0 Å². The fourth-order valence-electron chi connectivity index (χ4n) is 1.67. The summed E-state index contributed by atoms with van der Waals surface area (Å²) in [7, 11) is 0. The molecule has 0 aromatic heterocycles. The monoisotopic (exact) mass is 273 g/mol. The maximum absolute atomic E-state index is 13.2. The summed E-state index contributed by atoms with van der Waals surface area (Å²) in [6.45, 7) is 7.09. The van der Waals surface area contributed by atoms with Crippen molar-refractivity contribution in [2.75, 3.05) is 12.3 Å². The van der Waals surface area contributed by atoms with Gasteiger partial charge in [-0.05, 0) is 30.7 Å². The topological polar surface area (TPSA) is 12.0 Å². The van der Waals surface area contributed by atoms with Gasteiger partial charge < -0.3 is 5.32 Å². The number of nitrogens with one attached hydrogen (secondary N) is 1. The van der Waals surface area contributed by atoms with Crippen LogP contribution in [0.5, 0.6) is 0 Å². The van der Waals surface area contributed by atoms with Crippen LogP contribution in [0.3, 0.4) is 0 Å². The highest BCUT2D eigenvalue weighted by atomic mass is 32.2. The number of hydrogen-bond donors (Lipinski definition) is 1. The molecular formula is C14H21F2NS. The van der Waals surface area contributed by atoms with Gasteiger partial charge in [0.2, 0.25) is 0 Å². The molecule has 0 amide bonds. The molecule has 1 rings (SSSR count). The standard InChI is InChI=1S/C14H21F2NS/c1-4-10(3)18-9-14(17-5-2)11-6-12(15)8-13(16)7-11/h6-8,10,14,17H,4-5,9H2,1-3H3. The molecule has 2 unspecified atom stereocenters. The Morgan fingerprint density at radius 3 is 2.28 bits per heavy atom. The van der Waals surface area contributed by atoms with Crippen molar-refractivity contribution in [2.45, 2.75) is 38.5 Å². The van der Waals surface area contributed by atoms with Crippen molar-refractivity contribution in [1.82, 2.24) is 5.32 Å². The zero-order chi connectivity index (χ0) is 13.5. The summed E-state index contributed by atoms with van der Waals surface area (Å²) in [5.74, 6) is -0.200. The van der Waals surface area contributed by atoms with Gasteiger partial charge in [0.25, 0.3) is 0 Å². The van der Waals surface area contributed by atoms with Crippen molar-refractivity contribution in [3.63, 3.8) is 0 Å². The molecule has 102 valence electrons. The van der Waals surface area contributed by atoms with Crippen molar-refractivity contribution >= 4 is 11.8 Å². The normalized spacial score (nSPS) is 14.5. The molecule has 1 aromatic rings. The van der Waals surface area contributed by atoms with E-state index >= 15 is 0 Å². The van der Waals surface area contributed by atoms with Gasteiger partial charge in [-0.25, -0.2) is 8.78 Å². The minimum Gasteiger partial charge on any atom is -0.310 e. The molecule has 0 aliphatic carbocycles. The van der Waals surface area contributed by atoms with E-state index in [2.05, 4.69) is 19.2 Å². The lowest BCUT2D eigenvalue weighted by molar-refractivity contribution is 0.558. The molecule has 0 aliphatic rings. The number of hydrogen-bond acceptors (Lipinski definition) is 2. The van der Waals surface area contributed by atoms with Crippen molar-refractivity contribution in [3.05, 3.63) is 35.4 Å². The van der Waals surface area contributed by atoms with Gasteiger partial charge in [0.15, 0.2) is 0 Å². The highest BCUT2D eigenvalue weighted by Gasteiger charge is 2.14. The molecule has 18 heavy (non-hydrogen) atoms. The number of rotatable bonds is 7. The quantitative estimate of drug-likeness (QED) is 0.801. The van der Waals surface area contributed by atoms with Gasteiger partial charge >= 0.3 is 0 Å². The largest absolute Gasteiger partial charge is 0.310 e. The van der Waals surface area contributed by atoms with E-state index in [-0.39, 0.29) is 6.04 Å². The lowest BCUT2D eigenvalue weighted by atomic mass is 10.1. The fourth-order valence-corrected chi connectivity index (χ4v) is 2.74. The van der Waals surface area contributed by atoms with Gasteiger partial charge in [-0.1, -0.05) is 20.8 Å². The van der Waals surface area contributed by atoms with E-state index < -0.39 is 11.6 Å². The Kier molecular flexibility index (Phi) is 6.65. The summed E-state index contributed by atoms with van der Waals surface area (Å²) in [6.07, 6.45) is 1.10. The van der Waals surface area contributed by atoms with Crippen LogP contribution in [0, 0.1) is 11.6 Å². The van der Waals surface area contributed by atoms with Crippen molar-refractivity contribution in [2.24, 2.45) is 0 Å². The zero-order valence-electron chi connectivity index (χ0n) is 11.2. The average Bonchev–Trinajstić information content (AvgIpc) is 2.32. The Balaban J connectivity index is 2.76. The second-order valence-electron chi connectivity index (χ2n) is 4.37. The Bertz CT molecular complexity index is 351. The third-order valence-corrected chi connectivity index (χ3v) is 4.29. The van der Waals surface area contributed by atoms with Crippen molar-refractivity contribution < 1.29 is 8.78 Å². The van der Waals surface area contributed by atoms with E-state index in [0.29, 0.717) is 10.8 Å². The predicted molar refractivity (Wildman–Crippen MR) is 75.0 cm³/mol. The summed E-state index contributed by atoms with van der Waals surface area (Å²) in [5.41, 5.74) is 0.685. The van der Waals surface area contributed by atoms with Crippen LogP contribution in [-0.2, 0) is 0 Å². The Morgan fingerprint density at radius 1 is 1.17 bits per heavy atom. The van der Waals surface area contributed by atoms with Crippen LogP contribution < -0.4 is 5.32 Å². The Labute approximate surface area is 112 Å². The number of benzene rings is 1. The molecule has 0 spiro atoms. The fraction of sp³-hybridized carbons (Fsp3) is 0.571. The maximum atomic E-state index is 13.2. The first kappa shape index (κ1) is 15.4. The molecule has 2 atom stereocenters. The van der Waals surface area contributed by atoms with Crippen LogP contribution in [-0.4, -0.2) is 17.5 Å². The Morgan fingerprint density at radius 2 is 1.78 bits per heavy atom. The first-order chi connectivity index (χ1) is 8.56. The number of halogens is 2. The molecule has 1 aromatic carbocycles. The van der Waals surface area contributed by atoms with E-state index in [1.165, 1.54) is 12.1 Å². The van der Waals surface area contributed by atoms with E-state index in [4.69, 9.17) is 0 Å². The van der Waals surface area contributed by atoms with Gasteiger partial charge in [-0.2, -0.15) is 11.8 Å². The molecule has 1 nitrogen and oxygen atoms in total. The van der Waals surface area contributed by atoms with Gasteiger partial charge in [0, 0.05) is 23.1 Å². The molecule has 0 fully saturated rings. The van der Waals surface area contributed by atoms with E-state index in [0.717, 1.165) is 24.8 Å². The SMILES string of the molecule is CCNC(CSC(C)CC)c1cc(F)cc(F)c1. The van der Waals surface area contributed by atoms with E-state index in [1.54, 1.807) is 0 Å². The molecule has 0 bridgehead atoms. The molecule has 0 saturated carbocycles. The van der Waals surface area contributed by atoms with Gasteiger partial charge in [-0.3, -0.25) is 0 Å². The van der Waals surface area contributed by atoms with Gasteiger partial charge in [-0.15, -0.1) is 0 Å². The lowest BCUT2D eigenvalue weighted by Crippen LogP contribution is -2.24. The van der Waals surface area contributed by atoms with Crippen LogP contribution in [0.1, 0.15) is 38.8 Å². The zero-order valence-corrected chi connectivity index (χ0v) is 12.0. The Hall–Kier alpha value is -0.610. The van der Waals surface area contributed by atoms with Crippen LogP contribution in [0.15, 0.2) is 18.2 Å². The smallest absolute Gasteiger partial charge is 0.126 e. The van der Waals surface area contributed by atoms with Crippen LogP contribution >= 0.6 is 11.8 Å². The first-order valence-electron chi connectivity index (χ1n) is 6.37. The van der Waals surface area contributed by atoms with Gasteiger partial charge in [0.05, 0.1) is 0 Å². The summed E-state index contributed by atoms with van der Waals surface area (Å²) in [6, 6.07) is 3.73. The lowest BCUT2D eigenvalue weighted by Gasteiger charge is -2.20. The van der Waals surface area contributed by atoms with Crippen LogP contribution in [0.25, 0.3) is 0 Å². The van der Waals surface area contributed by atoms with Crippen molar-refractivity contribution in [1.29, 1.82) is 0 Å².